The van der Waals surface area contributed by atoms with Crippen molar-refractivity contribution in [1.82, 2.24) is 20.1 Å². The summed E-state index contributed by atoms with van der Waals surface area (Å²) in [5.41, 5.74) is 0.965. The largest absolute Gasteiger partial charge is 0.459 e. The van der Waals surface area contributed by atoms with E-state index in [4.69, 9.17) is 4.42 Å². The lowest BCUT2D eigenvalue weighted by molar-refractivity contribution is 0.0634. The van der Waals surface area contributed by atoms with E-state index in [-0.39, 0.29) is 11.9 Å². The molecule has 1 fully saturated rings. The number of hydrogen-bond donors (Lipinski definition) is 1. The first-order chi connectivity index (χ1) is 11.5. The van der Waals surface area contributed by atoms with Crippen LogP contribution in [0.4, 0.5) is 4.79 Å². The van der Waals surface area contributed by atoms with E-state index >= 15 is 0 Å². The van der Waals surface area contributed by atoms with Crippen molar-refractivity contribution < 1.29 is 14.0 Å². The summed E-state index contributed by atoms with van der Waals surface area (Å²) in [6.45, 7) is 6.43. The zero-order valence-electron chi connectivity index (χ0n) is 13.7. The molecular weight excluding hydrogens is 328 g/mol. The second kappa shape index (κ2) is 7.04. The van der Waals surface area contributed by atoms with Crippen LogP contribution < -0.4 is 5.32 Å². The highest BCUT2D eigenvalue weighted by molar-refractivity contribution is 7.11. The van der Waals surface area contributed by atoms with Crippen LogP contribution in [0, 0.1) is 13.8 Å². The third-order valence-corrected chi connectivity index (χ3v) is 5.06. The summed E-state index contributed by atoms with van der Waals surface area (Å²) >= 11 is 1.60. The Morgan fingerprint density at radius 3 is 2.54 bits per heavy atom. The van der Waals surface area contributed by atoms with Crippen LogP contribution in [0.5, 0.6) is 0 Å². The van der Waals surface area contributed by atoms with Gasteiger partial charge in [0.05, 0.1) is 23.5 Å². The molecule has 3 amide bonds. The maximum Gasteiger partial charge on any atom is 0.317 e. The van der Waals surface area contributed by atoms with E-state index in [2.05, 4.69) is 10.3 Å². The fourth-order valence-corrected chi connectivity index (χ4v) is 3.55. The molecule has 8 heteroatoms. The molecule has 0 aliphatic carbocycles. The number of furan rings is 1. The molecule has 128 valence electrons. The second-order valence-corrected chi connectivity index (χ2v) is 6.94. The molecule has 3 rings (SSSR count). The van der Waals surface area contributed by atoms with Crippen LogP contribution in [0.25, 0.3) is 0 Å². The maximum atomic E-state index is 12.3. The molecule has 0 spiro atoms. The van der Waals surface area contributed by atoms with Gasteiger partial charge in [0.15, 0.2) is 5.76 Å². The number of aryl methyl sites for hydroxylation is 2. The Morgan fingerprint density at radius 2 is 1.96 bits per heavy atom. The topological polar surface area (TPSA) is 78.7 Å². The average molecular weight is 348 g/mol. The summed E-state index contributed by atoms with van der Waals surface area (Å²) in [7, 11) is 0. The van der Waals surface area contributed by atoms with Crippen LogP contribution in [0.1, 0.15) is 26.1 Å². The molecule has 1 saturated heterocycles. The van der Waals surface area contributed by atoms with E-state index in [1.807, 2.05) is 13.8 Å². The first-order valence-corrected chi connectivity index (χ1v) is 8.64. The Hall–Kier alpha value is -2.35. The minimum absolute atomic E-state index is 0.106. The molecule has 0 atom stereocenters. The number of rotatable bonds is 3. The van der Waals surface area contributed by atoms with Crippen molar-refractivity contribution in [1.29, 1.82) is 0 Å². The Balaban J connectivity index is 1.48. The quantitative estimate of drug-likeness (QED) is 0.920. The van der Waals surface area contributed by atoms with E-state index in [1.54, 1.807) is 33.3 Å². The number of amides is 3. The van der Waals surface area contributed by atoms with Crippen LogP contribution in [-0.2, 0) is 6.54 Å². The van der Waals surface area contributed by atoms with Crippen molar-refractivity contribution in [3.05, 3.63) is 39.7 Å². The predicted octanol–water partition coefficient (Wildman–Crippen LogP) is 2.02. The van der Waals surface area contributed by atoms with Crippen molar-refractivity contribution in [2.45, 2.75) is 20.4 Å². The Bertz CT molecular complexity index is 718. The molecule has 0 radical (unpaired) electrons. The number of nitrogens with one attached hydrogen (secondary N) is 1. The van der Waals surface area contributed by atoms with Gasteiger partial charge in [-0.15, -0.1) is 11.3 Å². The van der Waals surface area contributed by atoms with E-state index in [0.717, 1.165) is 15.6 Å². The predicted molar refractivity (Wildman–Crippen MR) is 90.0 cm³/mol. The van der Waals surface area contributed by atoms with E-state index in [1.165, 1.54) is 6.26 Å². The number of carbonyl (C=O) groups is 2. The first kappa shape index (κ1) is 16.5. The van der Waals surface area contributed by atoms with Gasteiger partial charge in [0.1, 0.15) is 0 Å². The molecule has 1 aliphatic rings. The standard InChI is InChI=1S/C16H20N4O3S/c1-11-14(24-12(2)18-11)10-17-16(22)20-7-5-19(6-8-20)15(21)13-4-3-9-23-13/h3-4,9H,5-8,10H2,1-2H3,(H,17,22). The van der Waals surface area contributed by atoms with Crippen LogP contribution in [-0.4, -0.2) is 52.9 Å². The van der Waals surface area contributed by atoms with Crippen LogP contribution >= 0.6 is 11.3 Å². The third kappa shape index (κ3) is 3.59. The van der Waals surface area contributed by atoms with Gasteiger partial charge in [-0.2, -0.15) is 0 Å². The summed E-state index contributed by atoms with van der Waals surface area (Å²) in [6, 6.07) is 3.24. The summed E-state index contributed by atoms with van der Waals surface area (Å²) < 4.78 is 5.13. The van der Waals surface area contributed by atoms with Gasteiger partial charge in [-0.1, -0.05) is 0 Å². The summed E-state index contributed by atoms with van der Waals surface area (Å²) in [6.07, 6.45) is 1.49. The fraction of sp³-hybridized carbons (Fsp3) is 0.438. The van der Waals surface area contributed by atoms with Crippen molar-refractivity contribution in [2.75, 3.05) is 26.2 Å². The fourth-order valence-electron chi connectivity index (χ4n) is 2.67. The number of piperazine rings is 1. The van der Waals surface area contributed by atoms with Gasteiger partial charge < -0.3 is 19.5 Å². The zero-order chi connectivity index (χ0) is 17.1. The molecule has 3 heterocycles. The molecule has 2 aromatic rings. The van der Waals surface area contributed by atoms with Crippen molar-refractivity contribution in [2.24, 2.45) is 0 Å². The molecule has 2 aromatic heterocycles. The highest BCUT2D eigenvalue weighted by atomic mass is 32.1. The Kier molecular flexibility index (Phi) is 4.84. The second-order valence-electron chi connectivity index (χ2n) is 5.66. The van der Waals surface area contributed by atoms with Gasteiger partial charge in [0, 0.05) is 31.1 Å². The maximum absolute atomic E-state index is 12.3. The van der Waals surface area contributed by atoms with Crippen LogP contribution in [0.3, 0.4) is 0 Å². The number of carbonyl (C=O) groups excluding carboxylic acids is 2. The SMILES string of the molecule is Cc1nc(C)c(CNC(=O)N2CCN(C(=O)c3ccco3)CC2)s1. The molecule has 24 heavy (non-hydrogen) atoms. The van der Waals surface area contributed by atoms with Gasteiger partial charge in [0.25, 0.3) is 5.91 Å². The molecule has 0 saturated carbocycles. The number of hydrogen-bond acceptors (Lipinski definition) is 5. The van der Waals surface area contributed by atoms with Crippen LogP contribution in [0.15, 0.2) is 22.8 Å². The van der Waals surface area contributed by atoms with Gasteiger partial charge in [-0.25, -0.2) is 9.78 Å². The average Bonchev–Trinajstić information content (AvgIpc) is 3.22. The molecule has 0 aromatic carbocycles. The van der Waals surface area contributed by atoms with Crippen molar-refractivity contribution >= 4 is 23.3 Å². The smallest absolute Gasteiger partial charge is 0.317 e. The Labute approximate surface area is 144 Å². The normalized spacial score (nSPS) is 14.8. The molecule has 0 unspecified atom stereocenters. The summed E-state index contributed by atoms with van der Waals surface area (Å²) in [4.78, 5) is 33.3. The number of nitrogens with zero attached hydrogens (tertiary/aromatic N) is 3. The Morgan fingerprint density at radius 1 is 1.25 bits per heavy atom. The number of aromatic nitrogens is 1. The molecule has 0 bridgehead atoms. The van der Waals surface area contributed by atoms with E-state index in [9.17, 15) is 9.59 Å². The van der Waals surface area contributed by atoms with E-state index in [0.29, 0.717) is 38.5 Å². The lowest BCUT2D eigenvalue weighted by Gasteiger charge is -2.34. The van der Waals surface area contributed by atoms with Gasteiger partial charge in [0.2, 0.25) is 0 Å². The first-order valence-electron chi connectivity index (χ1n) is 7.83. The lowest BCUT2D eigenvalue weighted by Crippen LogP contribution is -2.53. The monoisotopic (exact) mass is 348 g/mol. The highest BCUT2D eigenvalue weighted by Crippen LogP contribution is 2.17. The van der Waals surface area contributed by atoms with Crippen molar-refractivity contribution in [3.8, 4) is 0 Å². The summed E-state index contributed by atoms with van der Waals surface area (Å²) in [5.74, 6) is 0.208. The van der Waals surface area contributed by atoms with E-state index < -0.39 is 0 Å². The molecular formula is C16H20N4O3S. The number of urea groups is 1. The minimum Gasteiger partial charge on any atom is -0.459 e. The van der Waals surface area contributed by atoms with Crippen molar-refractivity contribution in [3.63, 3.8) is 0 Å². The molecule has 1 N–H and O–H groups in total. The third-order valence-electron chi connectivity index (χ3n) is 3.99. The van der Waals surface area contributed by atoms with Crippen LogP contribution in [0.2, 0.25) is 0 Å². The zero-order valence-corrected chi connectivity index (χ0v) is 14.6. The molecule has 7 nitrogen and oxygen atoms in total. The lowest BCUT2D eigenvalue weighted by atomic mass is 10.3. The van der Waals surface area contributed by atoms with Gasteiger partial charge in [-0.3, -0.25) is 4.79 Å². The highest BCUT2D eigenvalue weighted by Gasteiger charge is 2.26. The number of thiazole rings is 1. The molecule has 1 aliphatic heterocycles. The minimum atomic E-state index is -0.129. The van der Waals surface area contributed by atoms with Gasteiger partial charge >= 0.3 is 6.03 Å². The summed E-state index contributed by atoms with van der Waals surface area (Å²) in [5, 5.41) is 3.93. The van der Waals surface area contributed by atoms with Gasteiger partial charge in [-0.05, 0) is 26.0 Å².